The van der Waals surface area contributed by atoms with Gasteiger partial charge in [-0.25, -0.2) is 4.98 Å². The van der Waals surface area contributed by atoms with Gasteiger partial charge in [-0.1, -0.05) is 163 Å². The minimum absolute atomic E-state index is 0.0669. The SMILES string of the molecule is CCCCCCCCCCCC(c1nccn1Cc1ccccc1)C(C)(Cc1ccccc1)c1ccccc1. The molecule has 0 aliphatic heterocycles. The number of nitrogens with zero attached hydrogens (tertiary/aromatic N) is 2. The van der Waals surface area contributed by atoms with Crippen LogP contribution < -0.4 is 0 Å². The summed E-state index contributed by atoms with van der Waals surface area (Å²) in [7, 11) is 0. The largest absolute Gasteiger partial charge is 0.330 e. The van der Waals surface area contributed by atoms with Crippen molar-refractivity contribution in [3.8, 4) is 0 Å². The predicted molar refractivity (Wildman–Crippen MR) is 166 cm³/mol. The van der Waals surface area contributed by atoms with Gasteiger partial charge in [-0.15, -0.1) is 0 Å². The van der Waals surface area contributed by atoms with Gasteiger partial charge in [-0.05, 0) is 29.5 Å². The average molecular weight is 521 g/mol. The van der Waals surface area contributed by atoms with Crippen molar-refractivity contribution in [1.29, 1.82) is 0 Å². The summed E-state index contributed by atoms with van der Waals surface area (Å²) in [5, 5.41) is 0. The van der Waals surface area contributed by atoms with Crippen molar-refractivity contribution in [2.75, 3.05) is 0 Å². The number of rotatable bonds is 17. The monoisotopic (exact) mass is 520 g/mol. The fraction of sp³-hybridized carbons (Fsp3) is 0.432. The molecule has 4 aromatic rings. The lowest BCUT2D eigenvalue weighted by Gasteiger charge is -2.39. The zero-order valence-corrected chi connectivity index (χ0v) is 24.3. The first-order chi connectivity index (χ1) is 19.2. The maximum atomic E-state index is 5.07. The van der Waals surface area contributed by atoms with Crippen molar-refractivity contribution in [2.45, 2.75) is 102 Å². The van der Waals surface area contributed by atoms with Crippen molar-refractivity contribution in [1.82, 2.24) is 9.55 Å². The molecule has 39 heavy (non-hydrogen) atoms. The second kappa shape index (κ2) is 15.5. The van der Waals surface area contributed by atoms with E-state index < -0.39 is 0 Å². The third-order valence-electron chi connectivity index (χ3n) is 8.47. The minimum Gasteiger partial charge on any atom is -0.330 e. The molecule has 0 aliphatic rings. The molecule has 2 unspecified atom stereocenters. The summed E-state index contributed by atoms with van der Waals surface area (Å²) in [6.45, 7) is 5.64. The van der Waals surface area contributed by atoms with Gasteiger partial charge in [0.05, 0.1) is 0 Å². The molecule has 2 heteroatoms. The highest BCUT2D eigenvalue weighted by Gasteiger charge is 2.39. The third kappa shape index (κ3) is 8.43. The molecular formula is C37H48N2. The number of benzene rings is 3. The van der Waals surface area contributed by atoms with E-state index in [1.54, 1.807) is 0 Å². The van der Waals surface area contributed by atoms with Gasteiger partial charge in [0.1, 0.15) is 5.82 Å². The number of hydrogen-bond donors (Lipinski definition) is 0. The Balaban J connectivity index is 1.58. The van der Waals surface area contributed by atoms with E-state index in [1.807, 2.05) is 6.20 Å². The van der Waals surface area contributed by atoms with E-state index in [0.717, 1.165) is 19.4 Å². The van der Waals surface area contributed by atoms with Gasteiger partial charge in [0.15, 0.2) is 0 Å². The van der Waals surface area contributed by atoms with E-state index in [9.17, 15) is 0 Å². The number of imidazole rings is 1. The van der Waals surface area contributed by atoms with Crippen molar-refractivity contribution >= 4 is 0 Å². The van der Waals surface area contributed by atoms with Crippen molar-refractivity contribution in [3.63, 3.8) is 0 Å². The first-order valence-corrected chi connectivity index (χ1v) is 15.3. The molecule has 0 spiro atoms. The van der Waals surface area contributed by atoms with Crippen LogP contribution in [-0.2, 0) is 18.4 Å². The van der Waals surface area contributed by atoms with E-state index in [1.165, 1.54) is 80.3 Å². The zero-order chi connectivity index (χ0) is 27.2. The van der Waals surface area contributed by atoms with Crippen molar-refractivity contribution in [3.05, 3.63) is 126 Å². The van der Waals surface area contributed by atoms with Gasteiger partial charge in [-0.3, -0.25) is 0 Å². The Morgan fingerprint density at radius 3 is 1.82 bits per heavy atom. The first-order valence-electron chi connectivity index (χ1n) is 15.3. The molecule has 3 aromatic carbocycles. The lowest BCUT2D eigenvalue weighted by Crippen LogP contribution is -2.35. The molecule has 0 N–H and O–H groups in total. The second-order valence-corrected chi connectivity index (χ2v) is 11.5. The molecule has 0 radical (unpaired) electrons. The van der Waals surface area contributed by atoms with Crippen LogP contribution in [0.4, 0.5) is 0 Å². The number of unbranched alkanes of at least 4 members (excludes halogenated alkanes) is 8. The molecule has 0 aliphatic carbocycles. The standard InChI is InChI=1S/C37H48N2/c1-3-4-5-6-7-8-9-10-20-27-35(36-38-28-29-39(36)31-33-23-16-12-17-24-33)37(2,34-25-18-13-19-26-34)30-32-21-14-11-15-22-32/h11-19,21-26,28-29,35H,3-10,20,27,30-31H2,1-2H3. The molecule has 0 saturated heterocycles. The fourth-order valence-electron chi connectivity index (χ4n) is 6.20. The average Bonchev–Trinajstić information content (AvgIpc) is 3.43. The van der Waals surface area contributed by atoms with E-state index in [-0.39, 0.29) is 5.41 Å². The Morgan fingerprint density at radius 2 is 1.21 bits per heavy atom. The van der Waals surface area contributed by atoms with Crippen LogP contribution in [0.15, 0.2) is 103 Å². The topological polar surface area (TPSA) is 17.8 Å². The van der Waals surface area contributed by atoms with Gasteiger partial charge in [0.25, 0.3) is 0 Å². The van der Waals surface area contributed by atoms with Gasteiger partial charge in [0.2, 0.25) is 0 Å². The van der Waals surface area contributed by atoms with Gasteiger partial charge < -0.3 is 4.57 Å². The summed E-state index contributed by atoms with van der Waals surface area (Å²) >= 11 is 0. The molecule has 2 atom stereocenters. The fourth-order valence-corrected chi connectivity index (χ4v) is 6.20. The Morgan fingerprint density at radius 1 is 0.667 bits per heavy atom. The summed E-state index contributed by atoms with van der Waals surface area (Å²) in [5.41, 5.74) is 4.05. The Labute approximate surface area is 237 Å². The molecule has 0 fully saturated rings. The summed E-state index contributed by atoms with van der Waals surface area (Å²) in [6, 6.07) is 33.0. The molecule has 206 valence electrons. The van der Waals surface area contributed by atoms with Crippen LogP contribution in [0.3, 0.4) is 0 Å². The van der Waals surface area contributed by atoms with Crippen LogP contribution in [0.5, 0.6) is 0 Å². The highest BCUT2D eigenvalue weighted by Crippen LogP contribution is 2.44. The summed E-state index contributed by atoms with van der Waals surface area (Å²) in [4.78, 5) is 5.07. The number of hydrogen-bond acceptors (Lipinski definition) is 1. The second-order valence-electron chi connectivity index (χ2n) is 11.5. The lowest BCUT2D eigenvalue weighted by atomic mass is 9.66. The van der Waals surface area contributed by atoms with Crippen molar-refractivity contribution in [2.24, 2.45) is 0 Å². The molecule has 1 heterocycles. The smallest absolute Gasteiger partial charge is 0.112 e. The van der Waals surface area contributed by atoms with Gasteiger partial charge in [0, 0.05) is 30.3 Å². The summed E-state index contributed by atoms with van der Waals surface area (Å²) in [6.07, 6.45) is 18.5. The zero-order valence-electron chi connectivity index (χ0n) is 24.3. The maximum Gasteiger partial charge on any atom is 0.112 e. The first kappa shape index (κ1) is 28.9. The van der Waals surface area contributed by atoms with E-state index in [4.69, 9.17) is 4.98 Å². The summed E-state index contributed by atoms with van der Waals surface area (Å²) in [5.74, 6) is 1.55. The molecular weight excluding hydrogens is 472 g/mol. The van der Waals surface area contributed by atoms with Crippen molar-refractivity contribution < 1.29 is 0 Å². The Kier molecular flexibility index (Phi) is 11.4. The molecule has 2 nitrogen and oxygen atoms in total. The molecule has 0 bridgehead atoms. The van der Waals surface area contributed by atoms with E-state index in [2.05, 4.69) is 116 Å². The summed E-state index contributed by atoms with van der Waals surface area (Å²) < 4.78 is 2.40. The highest BCUT2D eigenvalue weighted by molar-refractivity contribution is 5.33. The van der Waals surface area contributed by atoms with Crippen LogP contribution >= 0.6 is 0 Å². The number of aromatic nitrogens is 2. The highest BCUT2D eigenvalue weighted by atomic mass is 15.1. The molecule has 4 rings (SSSR count). The maximum absolute atomic E-state index is 5.07. The minimum atomic E-state index is -0.0669. The van der Waals surface area contributed by atoms with Crippen LogP contribution in [0, 0.1) is 0 Å². The van der Waals surface area contributed by atoms with Gasteiger partial charge in [-0.2, -0.15) is 0 Å². The van der Waals surface area contributed by atoms with Gasteiger partial charge >= 0.3 is 0 Å². The Bertz CT molecular complexity index is 1180. The van der Waals surface area contributed by atoms with E-state index in [0.29, 0.717) is 5.92 Å². The lowest BCUT2D eigenvalue weighted by molar-refractivity contribution is 0.324. The predicted octanol–water partition coefficient (Wildman–Crippen LogP) is 10.1. The normalized spacial score (nSPS) is 13.7. The quantitative estimate of drug-likeness (QED) is 0.127. The third-order valence-corrected chi connectivity index (χ3v) is 8.47. The molecule has 0 saturated carbocycles. The molecule has 0 amide bonds. The molecule has 1 aromatic heterocycles. The Hall–Kier alpha value is -3.13. The van der Waals surface area contributed by atoms with Crippen LogP contribution in [0.2, 0.25) is 0 Å². The van der Waals surface area contributed by atoms with Crippen LogP contribution in [-0.4, -0.2) is 9.55 Å². The van der Waals surface area contributed by atoms with E-state index >= 15 is 0 Å². The van der Waals surface area contributed by atoms with Crippen LogP contribution in [0.25, 0.3) is 0 Å². The van der Waals surface area contributed by atoms with Crippen LogP contribution in [0.1, 0.15) is 106 Å².